The average Bonchev–Trinajstić information content (AvgIpc) is 3.27. The Morgan fingerprint density at radius 1 is 1.42 bits per heavy atom. The summed E-state index contributed by atoms with van der Waals surface area (Å²) >= 11 is 0. The van der Waals surface area contributed by atoms with Gasteiger partial charge in [-0.25, -0.2) is 0 Å². The predicted molar refractivity (Wildman–Crippen MR) is 115 cm³/mol. The smallest absolute Gasteiger partial charge is 0.193 e. The van der Waals surface area contributed by atoms with E-state index in [4.69, 9.17) is 14.5 Å². The summed E-state index contributed by atoms with van der Waals surface area (Å²) < 4.78 is 12.7. The highest BCUT2D eigenvalue weighted by molar-refractivity contribution is 14.0. The molecule has 0 aromatic carbocycles. The molecule has 0 amide bonds. The second-order valence-electron chi connectivity index (χ2n) is 6.70. The van der Waals surface area contributed by atoms with E-state index in [2.05, 4.69) is 29.2 Å². The molecule has 0 spiro atoms. The summed E-state index contributed by atoms with van der Waals surface area (Å²) in [7, 11) is 1.70. The highest BCUT2D eigenvalue weighted by atomic mass is 127. The molecule has 2 atom stereocenters. The van der Waals surface area contributed by atoms with E-state index in [0.717, 1.165) is 51.7 Å². The zero-order chi connectivity index (χ0) is 17.9. The quantitative estimate of drug-likeness (QED) is 0.241. The molecule has 0 bridgehead atoms. The molecular weight excluding hydrogens is 445 g/mol. The number of likely N-dealkylation sites (tertiary alicyclic amines) is 1. The van der Waals surface area contributed by atoms with Crippen LogP contribution in [0.1, 0.15) is 20.3 Å². The van der Waals surface area contributed by atoms with Crippen molar-refractivity contribution in [2.45, 2.75) is 26.8 Å². The fraction of sp³-hybridized carbons (Fsp3) is 0.778. The summed E-state index contributed by atoms with van der Waals surface area (Å²) in [4.78, 5) is 7.21. The van der Waals surface area contributed by atoms with Gasteiger partial charge in [0.2, 0.25) is 0 Å². The van der Waals surface area contributed by atoms with Gasteiger partial charge in [0.05, 0.1) is 19.8 Å². The van der Waals surface area contributed by atoms with Gasteiger partial charge in [-0.1, -0.05) is 6.92 Å². The number of hydrogen-bond acceptors (Lipinski definition) is 4. The number of rotatable bonds is 10. The van der Waals surface area contributed by atoms with Gasteiger partial charge < -0.3 is 19.7 Å². The standard InChI is InChI=1S/C18H33N5O2.HI/c1-4-19-18(20-12-16(2)13-23-8-5-7-21-23)22-9-6-17(14-22)15-25-11-10-24-3;/h5,7-8,16-17H,4,6,9-15H2,1-3H3,(H,19,20);1H. The van der Waals surface area contributed by atoms with Crippen LogP contribution in [0.4, 0.5) is 0 Å². The summed E-state index contributed by atoms with van der Waals surface area (Å²) in [6.45, 7) is 11.1. The minimum atomic E-state index is 0. The number of aliphatic imine (C=N–C) groups is 1. The van der Waals surface area contributed by atoms with E-state index >= 15 is 0 Å². The van der Waals surface area contributed by atoms with Crippen LogP contribution in [0.15, 0.2) is 23.5 Å². The molecule has 26 heavy (non-hydrogen) atoms. The highest BCUT2D eigenvalue weighted by Crippen LogP contribution is 2.17. The average molecular weight is 479 g/mol. The lowest BCUT2D eigenvalue weighted by Crippen LogP contribution is -2.40. The molecule has 2 heterocycles. The minimum Gasteiger partial charge on any atom is -0.382 e. The lowest BCUT2D eigenvalue weighted by molar-refractivity contribution is 0.0536. The molecule has 150 valence electrons. The number of methoxy groups -OCH3 is 1. The third kappa shape index (κ3) is 8.22. The molecule has 1 aromatic heterocycles. The van der Waals surface area contributed by atoms with Gasteiger partial charge in [-0.05, 0) is 25.3 Å². The molecule has 1 aromatic rings. The van der Waals surface area contributed by atoms with E-state index in [1.165, 1.54) is 0 Å². The number of halogens is 1. The van der Waals surface area contributed by atoms with Crippen molar-refractivity contribution in [3.8, 4) is 0 Å². The molecule has 1 aliphatic rings. The Balaban J connectivity index is 0.00000338. The number of nitrogens with one attached hydrogen (secondary N) is 1. The Morgan fingerprint density at radius 3 is 2.96 bits per heavy atom. The van der Waals surface area contributed by atoms with Crippen molar-refractivity contribution in [2.75, 3.05) is 53.1 Å². The highest BCUT2D eigenvalue weighted by Gasteiger charge is 2.25. The zero-order valence-corrected chi connectivity index (χ0v) is 18.6. The van der Waals surface area contributed by atoms with Crippen molar-refractivity contribution in [3.63, 3.8) is 0 Å². The normalized spacial score (nSPS) is 18.7. The molecule has 1 fully saturated rings. The van der Waals surface area contributed by atoms with Crippen LogP contribution >= 0.6 is 24.0 Å². The Labute approximate surface area is 174 Å². The molecule has 0 saturated carbocycles. The molecule has 0 radical (unpaired) electrons. The first kappa shape index (κ1) is 23.2. The van der Waals surface area contributed by atoms with Gasteiger partial charge in [-0.3, -0.25) is 9.67 Å². The van der Waals surface area contributed by atoms with Gasteiger partial charge in [-0.15, -0.1) is 24.0 Å². The van der Waals surface area contributed by atoms with Crippen molar-refractivity contribution in [1.29, 1.82) is 0 Å². The van der Waals surface area contributed by atoms with Crippen LogP contribution in [0.2, 0.25) is 0 Å². The Hall–Kier alpha value is -0.870. The fourth-order valence-corrected chi connectivity index (χ4v) is 3.01. The van der Waals surface area contributed by atoms with Crippen LogP contribution in [-0.2, 0) is 16.0 Å². The van der Waals surface area contributed by atoms with E-state index in [1.54, 1.807) is 7.11 Å². The maximum Gasteiger partial charge on any atom is 0.193 e. The van der Waals surface area contributed by atoms with Crippen LogP contribution in [0, 0.1) is 11.8 Å². The topological polar surface area (TPSA) is 63.9 Å². The van der Waals surface area contributed by atoms with Gasteiger partial charge in [0.15, 0.2) is 5.96 Å². The van der Waals surface area contributed by atoms with Gasteiger partial charge in [0, 0.05) is 58.1 Å². The van der Waals surface area contributed by atoms with Crippen molar-refractivity contribution < 1.29 is 9.47 Å². The lowest BCUT2D eigenvalue weighted by Gasteiger charge is -2.22. The van der Waals surface area contributed by atoms with Crippen molar-refractivity contribution in [1.82, 2.24) is 20.0 Å². The molecule has 1 aliphatic heterocycles. The van der Waals surface area contributed by atoms with Crippen molar-refractivity contribution in [3.05, 3.63) is 18.5 Å². The molecule has 7 nitrogen and oxygen atoms in total. The van der Waals surface area contributed by atoms with E-state index in [0.29, 0.717) is 25.0 Å². The molecule has 8 heteroatoms. The molecule has 1 saturated heterocycles. The second-order valence-corrected chi connectivity index (χ2v) is 6.70. The third-order valence-electron chi connectivity index (χ3n) is 4.32. The predicted octanol–water partition coefficient (Wildman–Crippen LogP) is 2.09. The van der Waals surface area contributed by atoms with E-state index in [1.807, 2.05) is 23.1 Å². The number of guanidine groups is 1. The summed E-state index contributed by atoms with van der Waals surface area (Å²) in [6, 6.07) is 1.96. The van der Waals surface area contributed by atoms with E-state index in [9.17, 15) is 0 Å². The number of aromatic nitrogens is 2. The van der Waals surface area contributed by atoms with E-state index in [-0.39, 0.29) is 24.0 Å². The largest absolute Gasteiger partial charge is 0.382 e. The Kier molecular flexibility index (Phi) is 11.9. The van der Waals surface area contributed by atoms with Gasteiger partial charge in [-0.2, -0.15) is 5.10 Å². The Bertz CT molecular complexity index is 498. The van der Waals surface area contributed by atoms with Gasteiger partial charge in [0.25, 0.3) is 0 Å². The maximum atomic E-state index is 5.68. The fourth-order valence-electron chi connectivity index (χ4n) is 3.01. The minimum absolute atomic E-state index is 0. The van der Waals surface area contributed by atoms with Crippen LogP contribution < -0.4 is 5.32 Å². The number of hydrogen-bond donors (Lipinski definition) is 1. The first-order valence-electron chi connectivity index (χ1n) is 9.30. The molecule has 0 aliphatic carbocycles. The van der Waals surface area contributed by atoms with Gasteiger partial charge >= 0.3 is 0 Å². The summed E-state index contributed by atoms with van der Waals surface area (Å²) in [5.41, 5.74) is 0. The zero-order valence-electron chi connectivity index (χ0n) is 16.3. The lowest BCUT2D eigenvalue weighted by atomic mass is 10.1. The summed E-state index contributed by atoms with van der Waals surface area (Å²) in [5, 5.41) is 7.70. The first-order chi connectivity index (χ1) is 12.2. The van der Waals surface area contributed by atoms with Crippen LogP contribution in [0.25, 0.3) is 0 Å². The summed E-state index contributed by atoms with van der Waals surface area (Å²) in [5.74, 6) is 2.04. The first-order valence-corrected chi connectivity index (χ1v) is 9.30. The third-order valence-corrected chi connectivity index (χ3v) is 4.32. The van der Waals surface area contributed by atoms with E-state index < -0.39 is 0 Å². The van der Waals surface area contributed by atoms with Crippen LogP contribution in [0.3, 0.4) is 0 Å². The van der Waals surface area contributed by atoms with Crippen LogP contribution in [-0.4, -0.2) is 73.7 Å². The molecule has 1 N–H and O–H groups in total. The molecule has 2 rings (SSSR count). The number of nitrogens with zero attached hydrogens (tertiary/aromatic N) is 4. The molecule has 2 unspecified atom stereocenters. The Morgan fingerprint density at radius 2 is 2.27 bits per heavy atom. The SMILES string of the molecule is CCNC(=NCC(C)Cn1cccn1)N1CCC(COCCOC)C1.I. The van der Waals surface area contributed by atoms with Gasteiger partial charge in [0.1, 0.15) is 0 Å². The summed E-state index contributed by atoms with van der Waals surface area (Å²) in [6.07, 6.45) is 4.97. The number of ether oxygens (including phenoxy) is 2. The second kappa shape index (κ2) is 13.3. The monoisotopic (exact) mass is 479 g/mol. The van der Waals surface area contributed by atoms with Crippen LogP contribution in [0.5, 0.6) is 0 Å². The van der Waals surface area contributed by atoms with Crippen molar-refractivity contribution >= 4 is 29.9 Å². The van der Waals surface area contributed by atoms with Crippen molar-refractivity contribution in [2.24, 2.45) is 16.8 Å². The maximum absolute atomic E-state index is 5.68. The molecular formula is C18H34IN5O2.